The lowest BCUT2D eigenvalue weighted by atomic mass is 9.81. The molecular formula is C22H28O. The minimum atomic E-state index is -0.234. The molecule has 1 nitrogen and oxygen atoms in total. The van der Waals surface area contributed by atoms with E-state index >= 15 is 0 Å². The van der Waals surface area contributed by atoms with Gasteiger partial charge in [-0.1, -0.05) is 74.9 Å². The van der Waals surface area contributed by atoms with Gasteiger partial charge in [0.2, 0.25) is 0 Å². The van der Waals surface area contributed by atoms with Crippen LogP contribution in [-0.2, 0) is 5.41 Å². The topological polar surface area (TPSA) is 20.2 Å². The lowest BCUT2D eigenvalue weighted by Gasteiger charge is -2.25. The van der Waals surface area contributed by atoms with Crippen LogP contribution in [0.5, 0.6) is 0 Å². The first-order valence-electron chi connectivity index (χ1n) is 8.71. The van der Waals surface area contributed by atoms with E-state index < -0.39 is 0 Å². The Labute approximate surface area is 140 Å². The zero-order valence-corrected chi connectivity index (χ0v) is 14.7. The van der Waals surface area contributed by atoms with Gasteiger partial charge in [0.05, 0.1) is 6.10 Å². The molecule has 0 aromatic heterocycles. The third-order valence-electron chi connectivity index (χ3n) is 5.29. The summed E-state index contributed by atoms with van der Waals surface area (Å²) < 4.78 is 0. The lowest BCUT2D eigenvalue weighted by molar-refractivity contribution is 0.160. The van der Waals surface area contributed by atoms with Crippen LogP contribution in [0.25, 0.3) is 0 Å². The van der Waals surface area contributed by atoms with E-state index in [0.29, 0.717) is 5.92 Å². The highest BCUT2D eigenvalue weighted by Crippen LogP contribution is 2.46. The van der Waals surface area contributed by atoms with Gasteiger partial charge in [-0.2, -0.15) is 0 Å². The standard InChI is InChI=1S/C22H28O/c1-15-5-7-16(8-6-15)19-13-14-20(23)21(19)17-9-11-18(12-10-17)22(2,3)4/h5-12,19-21,23H,13-14H2,1-4H3. The molecule has 0 bridgehead atoms. The molecule has 0 radical (unpaired) electrons. The van der Waals surface area contributed by atoms with Crippen LogP contribution >= 0.6 is 0 Å². The summed E-state index contributed by atoms with van der Waals surface area (Å²) in [5.41, 5.74) is 5.44. The van der Waals surface area contributed by atoms with Crippen molar-refractivity contribution in [1.29, 1.82) is 0 Å². The van der Waals surface area contributed by atoms with E-state index in [0.717, 1.165) is 12.8 Å². The predicted octanol–water partition coefficient (Wildman–Crippen LogP) is 5.31. The van der Waals surface area contributed by atoms with Gasteiger partial charge < -0.3 is 5.11 Å². The number of aliphatic hydroxyl groups excluding tert-OH is 1. The number of rotatable bonds is 2. The van der Waals surface area contributed by atoms with Gasteiger partial charge in [-0.05, 0) is 47.8 Å². The Morgan fingerprint density at radius 2 is 1.39 bits per heavy atom. The molecule has 3 rings (SSSR count). The number of aryl methyl sites for hydroxylation is 1. The average Bonchev–Trinajstić information content (AvgIpc) is 2.89. The number of benzene rings is 2. The van der Waals surface area contributed by atoms with E-state index in [4.69, 9.17) is 0 Å². The highest BCUT2D eigenvalue weighted by Gasteiger charge is 2.36. The smallest absolute Gasteiger partial charge is 0.0614 e. The van der Waals surface area contributed by atoms with E-state index in [1.54, 1.807) is 0 Å². The van der Waals surface area contributed by atoms with Gasteiger partial charge in [-0.15, -0.1) is 0 Å². The summed E-state index contributed by atoms with van der Waals surface area (Å²) >= 11 is 0. The average molecular weight is 308 g/mol. The molecule has 1 heteroatoms. The Balaban J connectivity index is 1.91. The normalized spacial score (nSPS) is 24.8. The van der Waals surface area contributed by atoms with Gasteiger partial charge >= 0.3 is 0 Å². The Hall–Kier alpha value is -1.60. The predicted molar refractivity (Wildman–Crippen MR) is 97.0 cm³/mol. The molecule has 23 heavy (non-hydrogen) atoms. The zero-order valence-electron chi connectivity index (χ0n) is 14.7. The van der Waals surface area contributed by atoms with E-state index in [1.165, 1.54) is 22.3 Å². The van der Waals surface area contributed by atoms with E-state index in [-0.39, 0.29) is 17.4 Å². The minimum Gasteiger partial charge on any atom is -0.392 e. The molecule has 3 atom stereocenters. The summed E-state index contributed by atoms with van der Waals surface area (Å²) in [5, 5.41) is 10.6. The SMILES string of the molecule is Cc1ccc(C2CCC(O)C2c2ccc(C(C)(C)C)cc2)cc1. The molecule has 0 aliphatic heterocycles. The van der Waals surface area contributed by atoms with Crippen molar-refractivity contribution in [2.75, 3.05) is 0 Å². The van der Waals surface area contributed by atoms with Crippen LogP contribution in [0.2, 0.25) is 0 Å². The van der Waals surface area contributed by atoms with Gasteiger partial charge in [0.25, 0.3) is 0 Å². The maximum absolute atomic E-state index is 10.6. The highest BCUT2D eigenvalue weighted by molar-refractivity contribution is 5.35. The highest BCUT2D eigenvalue weighted by atomic mass is 16.3. The third kappa shape index (κ3) is 3.35. The molecule has 1 saturated carbocycles. The number of hydrogen-bond donors (Lipinski definition) is 1. The first kappa shape index (κ1) is 16.3. The quantitative estimate of drug-likeness (QED) is 0.796. The minimum absolute atomic E-state index is 0.170. The van der Waals surface area contributed by atoms with E-state index in [9.17, 15) is 5.11 Å². The fourth-order valence-corrected chi connectivity index (χ4v) is 3.83. The van der Waals surface area contributed by atoms with Crippen LogP contribution < -0.4 is 0 Å². The van der Waals surface area contributed by atoms with E-state index in [2.05, 4.69) is 76.2 Å². The van der Waals surface area contributed by atoms with Gasteiger partial charge in [0.1, 0.15) is 0 Å². The molecule has 0 heterocycles. The second-order valence-electron chi connectivity index (χ2n) is 8.06. The molecule has 2 aromatic rings. The first-order valence-corrected chi connectivity index (χ1v) is 8.71. The Kier molecular flexibility index (Phi) is 4.33. The second kappa shape index (κ2) is 6.13. The Morgan fingerprint density at radius 3 is 1.96 bits per heavy atom. The van der Waals surface area contributed by atoms with Crippen LogP contribution in [0, 0.1) is 6.92 Å². The summed E-state index contributed by atoms with van der Waals surface area (Å²) in [6.45, 7) is 8.83. The molecular weight excluding hydrogens is 280 g/mol. The molecule has 0 amide bonds. The van der Waals surface area contributed by atoms with Crippen LogP contribution in [0.4, 0.5) is 0 Å². The zero-order chi connectivity index (χ0) is 16.6. The molecule has 2 aromatic carbocycles. The van der Waals surface area contributed by atoms with Crippen molar-refractivity contribution < 1.29 is 5.11 Å². The van der Waals surface area contributed by atoms with Crippen molar-refractivity contribution in [2.45, 2.75) is 63.9 Å². The summed E-state index contributed by atoms with van der Waals surface area (Å²) in [5.74, 6) is 0.637. The lowest BCUT2D eigenvalue weighted by Crippen LogP contribution is -2.17. The molecule has 1 aliphatic carbocycles. The molecule has 0 spiro atoms. The Bertz CT molecular complexity index is 646. The summed E-state index contributed by atoms with van der Waals surface area (Å²) in [6, 6.07) is 17.7. The molecule has 122 valence electrons. The number of aliphatic hydroxyl groups is 1. The van der Waals surface area contributed by atoms with Crippen molar-refractivity contribution in [1.82, 2.24) is 0 Å². The first-order chi connectivity index (χ1) is 10.9. The van der Waals surface area contributed by atoms with Gasteiger partial charge in [0.15, 0.2) is 0 Å². The molecule has 3 unspecified atom stereocenters. The van der Waals surface area contributed by atoms with Crippen LogP contribution in [-0.4, -0.2) is 11.2 Å². The second-order valence-corrected chi connectivity index (χ2v) is 8.06. The summed E-state index contributed by atoms with van der Waals surface area (Å²) in [7, 11) is 0. The largest absolute Gasteiger partial charge is 0.392 e. The fraction of sp³-hybridized carbons (Fsp3) is 0.455. The Morgan fingerprint density at radius 1 is 0.826 bits per heavy atom. The van der Waals surface area contributed by atoms with Crippen molar-refractivity contribution in [3.05, 3.63) is 70.8 Å². The molecule has 0 saturated heterocycles. The van der Waals surface area contributed by atoms with Crippen LogP contribution in [0.3, 0.4) is 0 Å². The van der Waals surface area contributed by atoms with Crippen molar-refractivity contribution in [3.63, 3.8) is 0 Å². The van der Waals surface area contributed by atoms with Crippen molar-refractivity contribution >= 4 is 0 Å². The molecule has 1 aliphatic rings. The molecule has 1 N–H and O–H groups in total. The van der Waals surface area contributed by atoms with Gasteiger partial charge in [-0.3, -0.25) is 0 Å². The van der Waals surface area contributed by atoms with E-state index in [1.807, 2.05) is 0 Å². The fourth-order valence-electron chi connectivity index (χ4n) is 3.83. The maximum Gasteiger partial charge on any atom is 0.0614 e. The summed E-state index contributed by atoms with van der Waals surface area (Å²) in [6.07, 6.45) is 1.72. The third-order valence-corrected chi connectivity index (χ3v) is 5.29. The van der Waals surface area contributed by atoms with Crippen LogP contribution in [0.1, 0.15) is 67.7 Å². The van der Waals surface area contributed by atoms with Crippen LogP contribution in [0.15, 0.2) is 48.5 Å². The summed E-state index contributed by atoms with van der Waals surface area (Å²) in [4.78, 5) is 0. The van der Waals surface area contributed by atoms with Crippen molar-refractivity contribution in [2.24, 2.45) is 0 Å². The number of hydrogen-bond acceptors (Lipinski definition) is 1. The van der Waals surface area contributed by atoms with Gasteiger partial charge in [0, 0.05) is 5.92 Å². The molecule has 1 fully saturated rings. The van der Waals surface area contributed by atoms with Gasteiger partial charge in [-0.25, -0.2) is 0 Å². The monoisotopic (exact) mass is 308 g/mol. The van der Waals surface area contributed by atoms with Crippen molar-refractivity contribution in [3.8, 4) is 0 Å². The maximum atomic E-state index is 10.6.